The van der Waals surface area contributed by atoms with Gasteiger partial charge in [0.05, 0.1) is 19.1 Å². The van der Waals surface area contributed by atoms with E-state index in [0.717, 1.165) is 41.5 Å². The number of carbonyl (C=O) groups is 3. The van der Waals surface area contributed by atoms with Crippen molar-refractivity contribution in [3.8, 4) is 11.1 Å². The summed E-state index contributed by atoms with van der Waals surface area (Å²) in [5.41, 5.74) is 4.35. The first kappa shape index (κ1) is 22.8. The maximum absolute atomic E-state index is 12.5. The van der Waals surface area contributed by atoms with Crippen LogP contribution in [0.1, 0.15) is 42.7 Å². The number of hydrogen-bond donors (Lipinski definition) is 3. The number of carboxylic acids is 1. The molecule has 1 saturated carbocycles. The zero-order valence-electron chi connectivity index (χ0n) is 18.3. The Labute approximate surface area is 192 Å². The minimum atomic E-state index is -1.23. The van der Waals surface area contributed by atoms with Gasteiger partial charge >= 0.3 is 12.1 Å². The number of aliphatic carboxylic acids is 1. The van der Waals surface area contributed by atoms with E-state index < -0.39 is 30.4 Å². The van der Waals surface area contributed by atoms with Crippen LogP contribution in [0, 0.1) is 0 Å². The van der Waals surface area contributed by atoms with Crippen molar-refractivity contribution in [3.63, 3.8) is 0 Å². The summed E-state index contributed by atoms with van der Waals surface area (Å²) < 4.78 is 11.0. The monoisotopic (exact) mass is 452 g/mol. The summed E-state index contributed by atoms with van der Waals surface area (Å²) in [6.45, 7) is 0.676. The topological polar surface area (TPSA) is 114 Å². The number of alkyl carbamates (subject to hydrolysis) is 1. The summed E-state index contributed by atoms with van der Waals surface area (Å²) in [6, 6.07) is 14.7. The third-order valence-electron chi connectivity index (χ3n) is 6.14. The van der Waals surface area contributed by atoms with Crippen LogP contribution < -0.4 is 10.6 Å². The Hall–Kier alpha value is -3.39. The molecular weight excluding hydrogens is 424 g/mol. The van der Waals surface area contributed by atoms with Crippen molar-refractivity contribution in [2.75, 3.05) is 19.8 Å². The Balaban J connectivity index is 1.32. The van der Waals surface area contributed by atoms with Crippen LogP contribution in [0.25, 0.3) is 11.1 Å². The third-order valence-corrected chi connectivity index (χ3v) is 6.14. The molecule has 8 nitrogen and oxygen atoms in total. The molecule has 33 heavy (non-hydrogen) atoms. The summed E-state index contributed by atoms with van der Waals surface area (Å²) in [5, 5.41) is 14.2. The van der Waals surface area contributed by atoms with Crippen LogP contribution in [0.4, 0.5) is 4.79 Å². The van der Waals surface area contributed by atoms with E-state index in [9.17, 15) is 14.4 Å². The molecule has 0 aromatic heterocycles. The molecule has 3 N–H and O–H groups in total. The maximum Gasteiger partial charge on any atom is 0.407 e. The Morgan fingerprint density at radius 2 is 1.64 bits per heavy atom. The number of benzene rings is 2. The fraction of sp³-hybridized carbons (Fsp3) is 0.400. The lowest BCUT2D eigenvalue weighted by Gasteiger charge is -2.25. The summed E-state index contributed by atoms with van der Waals surface area (Å²) in [7, 11) is 0. The number of fused-ring (bicyclic) bond motifs is 3. The maximum atomic E-state index is 12.5. The molecule has 2 amide bonds. The van der Waals surface area contributed by atoms with E-state index in [0.29, 0.717) is 6.61 Å². The molecule has 1 fully saturated rings. The van der Waals surface area contributed by atoms with E-state index in [1.54, 1.807) is 0 Å². The second kappa shape index (κ2) is 10.5. The Morgan fingerprint density at radius 3 is 2.21 bits per heavy atom. The molecule has 0 aliphatic heterocycles. The average Bonchev–Trinajstić information content (AvgIpc) is 3.09. The van der Waals surface area contributed by atoms with Crippen LogP contribution in [0.2, 0.25) is 0 Å². The van der Waals surface area contributed by atoms with Gasteiger partial charge in [0.25, 0.3) is 0 Å². The molecule has 2 aliphatic rings. The predicted molar refractivity (Wildman–Crippen MR) is 121 cm³/mol. The predicted octanol–water partition coefficient (Wildman–Crippen LogP) is 3.05. The zero-order chi connectivity index (χ0) is 23.2. The summed E-state index contributed by atoms with van der Waals surface area (Å²) in [4.78, 5) is 36.1. The van der Waals surface area contributed by atoms with Gasteiger partial charge in [-0.1, -0.05) is 48.5 Å². The molecule has 1 unspecified atom stereocenters. The molecule has 2 aromatic carbocycles. The minimum absolute atomic E-state index is 0.0799. The molecule has 0 bridgehead atoms. The van der Waals surface area contributed by atoms with Gasteiger partial charge in [-0.25, -0.2) is 4.79 Å². The number of nitrogens with one attached hydrogen (secondary N) is 2. The van der Waals surface area contributed by atoms with E-state index in [1.165, 1.54) is 0 Å². The lowest BCUT2D eigenvalue weighted by molar-refractivity contribution is -0.139. The first-order valence-electron chi connectivity index (χ1n) is 11.3. The second-order valence-corrected chi connectivity index (χ2v) is 8.34. The lowest BCUT2D eigenvalue weighted by atomic mass is 9.96. The van der Waals surface area contributed by atoms with Crippen LogP contribution in [0.3, 0.4) is 0 Å². The SMILES string of the molecule is O=C(O)CC(NC(=O)OCC1c2ccccc2-c2ccccc21)C(=O)NCCOC1CCC1. The largest absolute Gasteiger partial charge is 0.481 e. The van der Waals surface area contributed by atoms with Gasteiger partial charge in [0.1, 0.15) is 12.6 Å². The highest BCUT2D eigenvalue weighted by molar-refractivity contribution is 5.89. The molecule has 0 radical (unpaired) electrons. The fourth-order valence-electron chi connectivity index (χ4n) is 4.23. The molecule has 1 atom stereocenters. The second-order valence-electron chi connectivity index (χ2n) is 8.34. The normalized spacial score (nSPS) is 15.6. The van der Waals surface area contributed by atoms with Crippen molar-refractivity contribution < 1.29 is 29.0 Å². The van der Waals surface area contributed by atoms with Gasteiger partial charge in [0.2, 0.25) is 5.91 Å². The van der Waals surface area contributed by atoms with Crippen molar-refractivity contribution in [2.24, 2.45) is 0 Å². The minimum Gasteiger partial charge on any atom is -0.481 e. The van der Waals surface area contributed by atoms with Crippen LogP contribution in [0.15, 0.2) is 48.5 Å². The Morgan fingerprint density at radius 1 is 1.00 bits per heavy atom. The molecule has 0 spiro atoms. The smallest absolute Gasteiger partial charge is 0.407 e. The van der Waals surface area contributed by atoms with E-state index in [4.69, 9.17) is 14.6 Å². The Bertz CT molecular complexity index is 974. The number of hydrogen-bond acceptors (Lipinski definition) is 5. The van der Waals surface area contributed by atoms with Crippen molar-refractivity contribution >= 4 is 18.0 Å². The van der Waals surface area contributed by atoms with Gasteiger partial charge in [-0.2, -0.15) is 0 Å². The van der Waals surface area contributed by atoms with Crippen LogP contribution in [-0.4, -0.2) is 55.0 Å². The molecule has 2 aliphatic carbocycles. The molecular formula is C25H28N2O6. The van der Waals surface area contributed by atoms with Gasteiger partial charge < -0.3 is 25.2 Å². The number of carbonyl (C=O) groups excluding carboxylic acids is 2. The molecule has 174 valence electrons. The van der Waals surface area contributed by atoms with Gasteiger partial charge in [0, 0.05) is 12.5 Å². The highest BCUT2D eigenvalue weighted by atomic mass is 16.5. The quantitative estimate of drug-likeness (QED) is 0.478. The van der Waals surface area contributed by atoms with Crippen LogP contribution in [-0.2, 0) is 19.1 Å². The van der Waals surface area contributed by atoms with E-state index >= 15 is 0 Å². The van der Waals surface area contributed by atoms with E-state index in [-0.39, 0.29) is 25.2 Å². The van der Waals surface area contributed by atoms with Crippen molar-refractivity contribution in [3.05, 3.63) is 59.7 Å². The van der Waals surface area contributed by atoms with Crippen LogP contribution >= 0.6 is 0 Å². The number of rotatable bonds is 10. The van der Waals surface area contributed by atoms with Crippen molar-refractivity contribution in [2.45, 2.75) is 43.7 Å². The van der Waals surface area contributed by atoms with E-state index in [2.05, 4.69) is 10.6 Å². The highest BCUT2D eigenvalue weighted by Crippen LogP contribution is 2.44. The highest BCUT2D eigenvalue weighted by Gasteiger charge is 2.30. The number of amides is 2. The Kier molecular flexibility index (Phi) is 7.24. The first-order valence-corrected chi connectivity index (χ1v) is 11.3. The molecule has 0 saturated heterocycles. The molecule has 0 heterocycles. The third kappa shape index (κ3) is 5.51. The standard InChI is InChI=1S/C25H28N2O6/c28-23(29)14-22(24(30)26-12-13-32-16-6-5-7-16)27-25(31)33-15-21-19-10-3-1-8-17(19)18-9-2-4-11-20(18)21/h1-4,8-11,16,21-22H,5-7,12-15H2,(H,26,30)(H,27,31)(H,28,29). The number of ether oxygens (including phenoxy) is 2. The molecule has 2 aromatic rings. The fourth-order valence-corrected chi connectivity index (χ4v) is 4.23. The number of carboxylic acid groups (broad SMARTS) is 1. The van der Waals surface area contributed by atoms with Gasteiger partial charge in [-0.15, -0.1) is 0 Å². The van der Waals surface area contributed by atoms with Crippen molar-refractivity contribution in [1.29, 1.82) is 0 Å². The summed E-state index contributed by atoms with van der Waals surface area (Å²) in [5.74, 6) is -1.90. The molecule has 4 rings (SSSR count). The first-order chi connectivity index (χ1) is 16.0. The average molecular weight is 453 g/mol. The van der Waals surface area contributed by atoms with Gasteiger partial charge in [-0.05, 0) is 41.5 Å². The lowest BCUT2D eigenvalue weighted by Crippen LogP contribution is -2.49. The zero-order valence-corrected chi connectivity index (χ0v) is 18.3. The van der Waals surface area contributed by atoms with E-state index in [1.807, 2.05) is 48.5 Å². The van der Waals surface area contributed by atoms with Crippen LogP contribution in [0.5, 0.6) is 0 Å². The summed E-state index contributed by atoms with van der Waals surface area (Å²) >= 11 is 0. The molecule has 8 heteroatoms. The summed E-state index contributed by atoms with van der Waals surface area (Å²) in [6.07, 6.45) is 2.08. The van der Waals surface area contributed by atoms with Gasteiger partial charge in [0.15, 0.2) is 0 Å². The van der Waals surface area contributed by atoms with Crippen molar-refractivity contribution in [1.82, 2.24) is 10.6 Å². The van der Waals surface area contributed by atoms with Gasteiger partial charge in [-0.3, -0.25) is 9.59 Å².